The number of hydrogen-bond acceptors (Lipinski definition) is 1. The van der Waals surface area contributed by atoms with Crippen LogP contribution in [0.15, 0.2) is 40.9 Å². The Bertz CT molecular complexity index is 685. The Kier molecular flexibility index (Phi) is 14.9. The van der Waals surface area contributed by atoms with Gasteiger partial charge in [-0.1, -0.05) is 68.7 Å². The fraction of sp³-hybridized carbons (Fsp3) is 0.455. The average molecular weight is 446 g/mol. The molecular weight excluding hydrogens is 415 g/mol. The van der Waals surface area contributed by atoms with Gasteiger partial charge in [-0.2, -0.15) is 13.2 Å². The zero-order chi connectivity index (χ0) is 21.6. The average Bonchev–Trinajstić information content (AvgIpc) is 2.56. The second-order valence-electron chi connectivity index (χ2n) is 6.03. The number of benzene rings is 2. The van der Waals surface area contributed by atoms with Crippen molar-refractivity contribution in [3.63, 3.8) is 0 Å². The molecule has 0 heterocycles. The molecule has 1 atom stereocenters. The number of nitrogens with one attached hydrogen (secondary N) is 1. The second kappa shape index (κ2) is 14.5. The van der Waals surface area contributed by atoms with Crippen LogP contribution in [0.5, 0.6) is 0 Å². The molecule has 5 heteroatoms. The third kappa shape index (κ3) is 11.7. The summed E-state index contributed by atoms with van der Waals surface area (Å²) in [5.74, 6) is 3.08. The predicted molar refractivity (Wildman–Crippen MR) is 116 cm³/mol. The molecule has 152 valence electrons. The number of hydrogen-bond donors (Lipinski definition) is 1. The zero-order valence-electron chi connectivity index (χ0n) is 17.2. The van der Waals surface area contributed by atoms with E-state index in [1.54, 1.807) is 25.1 Å². The Labute approximate surface area is 170 Å². The van der Waals surface area contributed by atoms with Gasteiger partial charge in [-0.25, -0.2) is 0 Å². The summed E-state index contributed by atoms with van der Waals surface area (Å²) in [6, 6.07) is 8.62. The van der Waals surface area contributed by atoms with E-state index in [0.29, 0.717) is 0 Å². The first-order valence-electron chi connectivity index (χ1n) is 8.87. The highest BCUT2D eigenvalue weighted by molar-refractivity contribution is 9.10. The Hall–Kier alpha value is -1.51. The summed E-state index contributed by atoms with van der Waals surface area (Å²) in [7, 11) is 1.31. The van der Waals surface area contributed by atoms with Crippen LogP contribution in [0.4, 0.5) is 13.2 Å². The van der Waals surface area contributed by atoms with Crippen molar-refractivity contribution >= 4 is 26.7 Å². The van der Waals surface area contributed by atoms with E-state index in [9.17, 15) is 13.2 Å². The van der Waals surface area contributed by atoms with Crippen LogP contribution in [0.2, 0.25) is 0 Å². The third-order valence-electron chi connectivity index (χ3n) is 2.78. The minimum absolute atomic E-state index is 0.222. The summed E-state index contributed by atoms with van der Waals surface area (Å²) in [5, 5.41) is 4.00. The van der Waals surface area contributed by atoms with E-state index in [1.807, 2.05) is 26.0 Å². The predicted octanol–water partition coefficient (Wildman–Crippen LogP) is 7.75. The molecule has 0 aromatic heterocycles. The summed E-state index contributed by atoms with van der Waals surface area (Å²) < 4.78 is 39.3. The van der Waals surface area contributed by atoms with Crippen LogP contribution in [-0.4, -0.2) is 13.2 Å². The lowest BCUT2D eigenvalue weighted by molar-refractivity contribution is -0.156. The molecule has 1 unspecified atom stereocenters. The number of fused-ring (bicyclic) bond motifs is 1. The second-order valence-corrected chi connectivity index (χ2v) is 6.95. The molecule has 1 N–H and O–H groups in total. The van der Waals surface area contributed by atoms with E-state index in [2.05, 4.69) is 54.4 Å². The Morgan fingerprint density at radius 3 is 1.81 bits per heavy atom. The molecule has 0 aliphatic carbocycles. The molecule has 0 aliphatic heterocycles. The van der Waals surface area contributed by atoms with E-state index in [-0.39, 0.29) is 5.56 Å². The quantitative estimate of drug-likeness (QED) is 0.465. The molecule has 0 aliphatic rings. The third-order valence-corrected chi connectivity index (χ3v) is 3.27. The Morgan fingerprint density at radius 2 is 1.41 bits per heavy atom. The van der Waals surface area contributed by atoms with Gasteiger partial charge in [0.05, 0.1) is 0 Å². The van der Waals surface area contributed by atoms with E-state index in [1.165, 1.54) is 13.1 Å². The van der Waals surface area contributed by atoms with Crippen LogP contribution in [0.3, 0.4) is 0 Å². The van der Waals surface area contributed by atoms with E-state index < -0.39 is 12.2 Å². The van der Waals surface area contributed by atoms with Gasteiger partial charge in [-0.15, -0.1) is 12.3 Å². The van der Waals surface area contributed by atoms with Crippen molar-refractivity contribution in [2.75, 3.05) is 7.05 Å². The Balaban J connectivity index is 0. The highest BCUT2D eigenvalue weighted by Gasteiger charge is 2.39. The molecule has 1 nitrogen and oxygen atoms in total. The van der Waals surface area contributed by atoms with Gasteiger partial charge in [-0.05, 0) is 54.4 Å². The molecule has 0 saturated heterocycles. The maximum absolute atomic E-state index is 12.8. The SMILES string of the molecule is C#CC.CC.CC(C)C.CNC(c1ccc2cc(Br)ccc2c1)C(F)(F)F. The van der Waals surface area contributed by atoms with Crippen LogP contribution < -0.4 is 5.32 Å². The lowest BCUT2D eigenvalue weighted by Gasteiger charge is -2.20. The molecular formula is C22H31BrF3N. The summed E-state index contributed by atoms with van der Waals surface area (Å²) in [4.78, 5) is 0. The number of halogens is 4. The topological polar surface area (TPSA) is 12.0 Å². The number of rotatable bonds is 2. The van der Waals surface area contributed by atoms with Crippen molar-refractivity contribution in [3.05, 3.63) is 46.4 Å². The van der Waals surface area contributed by atoms with E-state index in [0.717, 1.165) is 21.2 Å². The minimum Gasteiger partial charge on any atom is -0.306 e. The van der Waals surface area contributed by atoms with Gasteiger partial charge >= 0.3 is 6.18 Å². The van der Waals surface area contributed by atoms with Crippen molar-refractivity contribution in [1.82, 2.24) is 5.32 Å². The Morgan fingerprint density at radius 1 is 1.00 bits per heavy atom. The van der Waals surface area contributed by atoms with Crippen LogP contribution >= 0.6 is 15.9 Å². The zero-order valence-corrected chi connectivity index (χ0v) is 18.8. The molecule has 2 aromatic carbocycles. The standard InChI is InChI=1S/C13H11BrF3N.C4H10.C3H4.C2H6/c1-18-12(13(15,16)17)10-3-2-9-7-11(14)5-4-8(9)6-10;1-4(2)3;1-3-2;1-2/h2-7,12,18H,1H3;4H,1-3H3;1H,2H3;1-2H3. The van der Waals surface area contributed by atoms with E-state index >= 15 is 0 Å². The van der Waals surface area contributed by atoms with Gasteiger partial charge in [0, 0.05) is 4.47 Å². The molecule has 0 amide bonds. The highest BCUT2D eigenvalue weighted by Crippen LogP contribution is 2.33. The lowest BCUT2D eigenvalue weighted by Crippen LogP contribution is -2.31. The van der Waals surface area contributed by atoms with Gasteiger partial charge < -0.3 is 5.32 Å². The van der Waals surface area contributed by atoms with Gasteiger partial charge in [0.1, 0.15) is 6.04 Å². The maximum Gasteiger partial charge on any atom is 0.407 e. The van der Waals surface area contributed by atoms with E-state index in [4.69, 9.17) is 0 Å². The maximum atomic E-state index is 12.8. The summed E-state index contributed by atoms with van der Waals surface area (Å²) in [5.41, 5.74) is 0.222. The first-order valence-corrected chi connectivity index (χ1v) is 9.66. The van der Waals surface area contributed by atoms with Crippen molar-refractivity contribution in [2.24, 2.45) is 5.92 Å². The summed E-state index contributed by atoms with van der Waals surface area (Å²) >= 11 is 3.33. The van der Waals surface area contributed by atoms with Crippen LogP contribution in [0, 0.1) is 18.3 Å². The summed E-state index contributed by atoms with van der Waals surface area (Å²) in [6.45, 7) is 12.2. The van der Waals surface area contributed by atoms with Crippen LogP contribution in [0.25, 0.3) is 10.8 Å². The molecule has 0 fully saturated rings. The monoisotopic (exact) mass is 445 g/mol. The number of terminal acetylenes is 1. The minimum atomic E-state index is -4.29. The highest BCUT2D eigenvalue weighted by atomic mass is 79.9. The number of alkyl halides is 3. The molecule has 0 bridgehead atoms. The van der Waals surface area contributed by atoms with Crippen LogP contribution in [0.1, 0.15) is 53.1 Å². The normalized spacial score (nSPS) is 11.1. The molecule has 2 rings (SSSR count). The molecule has 27 heavy (non-hydrogen) atoms. The van der Waals surface area contributed by atoms with Gasteiger partial charge in [0.15, 0.2) is 0 Å². The largest absolute Gasteiger partial charge is 0.407 e. The fourth-order valence-electron chi connectivity index (χ4n) is 1.93. The molecule has 2 aromatic rings. The molecule has 0 saturated carbocycles. The van der Waals surface area contributed by atoms with Crippen molar-refractivity contribution in [1.29, 1.82) is 0 Å². The lowest BCUT2D eigenvalue weighted by atomic mass is 10.0. The van der Waals surface area contributed by atoms with Crippen molar-refractivity contribution in [2.45, 2.75) is 53.8 Å². The van der Waals surface area contributed by atoms with Gasteiger partial charge in [0.2, 0.25) is 0 Å². The molecule has 0 spiro atoms. The fourth-order valence-corrected chi connectivity index (χ4v) is 2.31. The first-order chi connectivity index (χ1) is 12.6. The smallest absolute Gasteiger partial charge is 0.306 e. The van der Waals surface area contributed by atoms with Crippen LogP contribution in [-0.2, 0) is 0 Å². The first kappa shape index (κ1) is 27.7. The van der Waals surface area contributed by atoms with Gasteiger partial charge in [-0.3, -0.25) is 0 Å². The van der Waals surface area contributed by atoms with Crippen molar-refractivity contribution < 1.29 is 13.2 Å². The van der Waals surface area contributed by atoms with Gasteiger partial charge in [0.25, 0.3) is 0 Å². The summed E-state index contributed by atoms with van der Waals surface area (Å²) in [6.07, 6.45) is 0.303. The molecule has 0 radical (unpaired) electrons. The van der Waals surface area contributed by atoms with Crippen molar-refractivity contribution in [3.8, 4) is 12.3 Å².